The maximum atomic E-state index is 10.9. The fourth-order valence-electron chi connectivity index (χ4n) is 3.96. The van der Waals surface area contributed by atoms with Crippen molar-refractivity contribution in [3.05, 3.63) is 57.6 Å². The van der Waals surface area contributed by atoms with Crippen LogP contribution in [0.1, 0.15) is 116 Å². The van der Waals surface area contributed by atoms with Crippen LogP contribution in [0.2, 0.25) is 0 Å². The van der Waals surface area contributed by atoms with E-state index in [9.17, 15) is 10.2 Å². The minimum Gasteiger partial charge on any atom is -0.507 e. The predicted molar refractivity (Wildman–Crippen MR) is 156 cm³/mol. The van der Waals surface area contributed by atoms with Crippen molar-refractivity contribution in [2.75, 3.05) is 13.1 Å². The molecule has 0 aliphatic rings. The molecular weight excluding hydrogens is 503 g/mol. The first-order valence-electron chi connectivity index (χ1n) is 13.0. The van der Waals surface area contributed by atoms with Crippen molar-refractivity contribution >= 4 is 12.4 Å². The summed E-state index contributed by atoms with van der Waals surface area (Å²) in [4.78, 5) is 9.11. The average Bonchev–Trinajstić information content (AvgIpc) is 2.69. The van der Waals surface area contributed by atoms with Crippen molar-refractivity contribution in [2.24, 2.45) is 9.98 Å². The first-order valence-corrected chi connectivity index (χ1v) is 13.0. The van der Waals surface area contributed by atoms with Crippen molar-refractivity contribution < 1.29 is 27.0 Å². The quantitative estimate of drug-likeness (QED) is 0.294. The van der Waals surface area contributed by atoms with Gasteiger partial charge in [-0.15, -0.1) is 0 Å². The fourth-order valence-corrected chi connectivity index (χ4v) is 3.96. The number of nitrogens with zero attached hydrogens (tertiary/aromatic N) is 2. The third-order valence-electron chi connectivity index (χ3n) is 6.45. The summed E-state index contributed by atoms with van der Waals surface area (Å²) >= 11 is 0. The van der Waals surface area contributed by atoms with E-state index in [4.69, 9.17) is 0 Å². The van der Waals surface area contributed by atoms with E-state index in [0.717, 1.165) is 22.3 Å². The van der Waals surface area contributed by atoms with E-state index in [2.05, 4.69) is 105 Å². The Morgan fingerprint density at radius 1 is 0.541 bits per heavy atom. The van der Waals surface area contributed by atoms with Crippen molar-refractivity contribution in [3.8, 4) is 11.5 Å². The Bertz CT molecular complexity index is 1040. The Hall–Kier alpha value is -2.11. The molecule has 0 saturated heterocycles. The van der Waals surface area contributed by atoms with Crippen LogP contribution in [-0.2, 0) is 38.4 Å². The van der Waals surface area contributed by atoms with Crippen LogP contribution in [0.3, 0.4) is 0 Å². The summed E-state index contributed by atoms with van der Waals surface area (Å²) in [5, 5.41) is 21.9. The van der Waals surface area contributed by atoms with E-state index in [0.29, 0.717) is 24.6 Å². The molecule has 4 nitrogen and oxygen atoms in total. The molecule has 0 aliphatic carbocycles. The Kier molecular flexibility index (Phi) is 10.4. The molecule has 0 atom stereocenters. The van der Waals surface area contributed by atoms with Crippen molar-refractivity contribution in [1.29, 1.82) is 0 Å². The van der Waals surface area contributed by atoms with Gasteiger partial charge in [0, 0.05) is 51.5 Å². The Labute approximate surface area is 235 Å². The molecule has 207 valence electrons. The second kappa shape index (κ2) is 11.7. The topological polar surface area (TPSA) is 65.2 Å². The second-order valence-corrected chi connectivity index (χ2v) is 14.0. The molecule has 0 aliphatic heterocycles. The van der Waals surface area contributed by atoms with Crippen LogP contribution in [0.15, 0.2) is 34.3 Å². The number of rotatable bonds is 5. The monoisotopic (exact) mass is 551 g/mol. The van der Waals surface area contributed by atoms with Crippen LogP contribution < -0.4 is 0 Å². The Morgan fingerprint density at radius 2 is 0.838 bits per heavy atom. The minimum absolute atomic E-state index is 0. The van der Waals surface area contributed by atoms with Gasteiger partial charge in [0.15, 0.2) is 0 Å². The molecule has 0 heterocycles. The number of benzene rings is 2. The maximum Gasteiger partial charge on any atom is 0.128 e. The Morgan fingerprint density at radius 3 is 1.08 bits per heavy atom. The molecule has 1 radical (unpaired) electrons. The SMILES string of the molecule is CC(C)(C)c1cc(C=NCCN=Cc2cc(C(C)(C)C)cc(C(C)(C)C)c2O)c(O)c(C(C)(C)C)c1.[Co]. The van der Waals surface area contributed by atoms with E-state index >= 15 is 0 Å². The smallest absolute Gasteiger partial charge is 0.128 e. The van der Waals surface area contributed by atoms with Gasteiger partial charge in [-0.1, -0.05) is 95.2 Å². The van der Waals surface area contributed by atoms with E-state index in [1.54, 1.807) is 12.4 Å². The zero-order valence-corrected chi connectivity index (χ0v) is 26.0. The molecule has 0 bridgehead atoms. The fraction of sp³-hybridized carbons (Fsp3) is 0.562. The number of phenols is 2. The standard InChI is InChI=1S/C32H48N2O2.Co/c1-29(2,3)23-15-21(27(35)25(17-23)31(7,8)9)19-33-13-14-34-20-22-16-24(30(4,5)6)18-26(28(22)36)32(10,11)12;/h15-20,35-36H,13-14H2,1-12H3;. The molecule has 0 unspecified atom stereocenters. The van der Waals surface area contributed by atoms with Gasteiger partial charge in [-0.3, -0.25) is 9.98 Å². The second-order valence-electron chi connectivity index (χ2n) is 14.0. The molecule has 2 rings (SSSR count). The summed E-state index contributed by atoms with van der Waals surface area (Å²) in [5.41, 5.74) is 5.27. The van der Waals surface area contributed by atoms with E-state index in [-0.39, 0.29) is 38.4 Å². The first kappa shape index (κ1) is 32.9. The van der Waals surface area contributed by atoms with Crippen molar-refractivity contribution in [1.82, 2.24) is 0 Å². The van der Waals surface area contributed by atoms with Gasteiger partial charge in [-0.2, -0.15) is 0 Å². The van der Waals surface area contributed by atoms with Gasteiger partial charge < -0.3 is 10.2 Å². The van der Waals surface area contributed by atoms with Gasteiger partial charge in [0.05, 0.1) is 13.1 Å². The number of hydrogen-bond donors (Lipinski definition) is 2. The number of aromatic hydroxyl groups is 2. The predicted octanol–water partition coefficient (Wildman–Crippen LogP) is 7.82. The van der Waals surface area contributed by atoms with Crippen LogP contribution in [-0.4, -0.2) is 35.7 Å². The molecule has 2 aromatic rings. The van der Waals surface area contributed by atoms with Crippen LogP contribution >= 0.6 is 0 Å². The number of phenolic OH excluding ortho intramolecular Hbond substituents is 2. The van der Waals surface area contributed by atoms with Crippen LogP contribution in [0.25, 0.3) is 0 Å². The van der Waals surface area contributed by atoms with Crippen molar-refractivity contribution in [3.63, 3.8) is 0 Å². The van der Waals surface area contributed by atoms with Gasteiger partial charge in [-0.05, 0) is 44.9 Å². The minimum atomic E-state index is -0.173. The van der Waals surface area contributed by atoms with Crippen LogP contribution in [0, 0.1) is 0 Å². The molecule has 5 heteroatoms. The van der Waals surface area contributed by atoms with Gasteiger partial charge in [0.2, 0.25) is 0 Å². The van der Waals surface area contributed by atoms with Crippen LogP contribution in [0.5, 0.6) is 11.5 Å². The molecule has 0 saturated carbocycles. The number of aliphatic imine (C=N–C) groups is 2. The largest absolute Gasteiger partial charge is 0.507 e. The molecule has 2 N–H and O–H groups in total. The van der Waals surface area contributed by atoms with Gasteiger partial charge in [-0.25, -0.2) is 0 Å². The molecule has 0 fully saturated rings. The molecule has 2 aromatic carbocycles. The molecular formula is C32H48CoN2O2. The Balaban J connectivity index is 0.00000684. The average molecular weight is 552 g/mol. The van der Waals surface area contributed by atoms with Gasteiger partial charge in [0.1, 0.15) is 11.5 Å². The first-order chi connectivity index (χ1) is 16.2. The normalized spacial score (nSPS) is 13.4. The summed E-state index contributed by atoms with van der Waals surface area (Å²) in [5.74, 6) is 0.586. The molecule has 37 heavy (non-hydrogen) atoms. The molecule has 0 spiro atoms. The van der Waals surface area contributed by atoms with Crippen LogP contribution in [0.4, 0.5) is 0 Å². The molecule has 0 amide bonds. The zero-order valence-electron chi connectivity index (χ0n) is 25.0. The zero-order chi connectivity index (χ0) is 27.7. The maximum absolute atomic E-state index is 10.9. The van der Waals surface area contributed by atoms with E-state index in [1.807, 2.05) is 12.1 Å². The summed E-state index contributed by atoms with van der Waals surface area (Å²) < 4.78 is 0. The number of hydrogen-bond acceptors (Lipinski definition) is 4. The summed E-state index contributed by atoms with van der Waals surface area (Å²) in [6, 6.07) is 8.28. The van der Waals surface area contributed by atoms with Gasteiger partial charge in [0.25, 0.3) is 0 Å². The van der Waals surface area contributed by atoms with E-state index < -0.39 is 0 Å². The summed E-state index contributed by atoms with van der Waals surface area (Å²) in [7, 11) is 0. The third-order valence-corrected chi connectivity index (χ3v) is 6.45. The van der Waals surface area contributed by atoms with E-state index in [1.165, 1.54) is 11.1 Å². The summed E-state index contributed by atoms with van der Waals surface area (Å²) in [6.07, 6.45) is 3.51. The van der Waals surface area contributed by atoms with Crippen molar-refractivity contribution in [2.45, 2.75) is 105 Å². The third kappa shape index (κ3) is 8.71. The summed E-state index contributed by atoms with van der Waals surface area (Å²) in [6.45, 7) is 26.7. The van der Waals surface area contributed by atoms with Gasteiger partial charge >= 0.3 is 0 Å². The molecule has 0 aromatic heterocycles.